The number of nitro groups is 1. The minimum absolute atomic E-state index is 0.205. The molecule has 0 spiro atoms. The molecule has 0 saturated carbocycles. The van der Waals surface area contributed by atoms with E-state index in [1.54, 1.807) is 11.5 Å². The van der Waals surface area contributed by atoms with E-state index in [0.717, 1.165) is 0 Å². The SMILES string of the molecule is Cc1c([N+](=O)[O-])ncn1CC(N=O)C(C)(C)CCl. The first-order valence-corrected chi connectivity index (χ1v) is 5.91. The fourth-order valence-corrected chi connectivity index (χ4v) is 1.67. The molecule has 0 aromatic carbocycles. The Morgan fingerprint density at radius 3 is 2.67 bits per heavy atom. The molecule has 1 aromatic heterocycles. The molecule has 0 aliphatic carbocycles. The Kier molecular flexibility index (Phi) is 4.39. The van der Waals surface area contributed by atoms with Gasteiger partial charge in [0.1, 0.15) is 11.7 Å². The summed E-state index contributed by atoms with van der Waals surface area (Å²) >= 11 is 5.80. The Morgan fingerprint density at radius 1 is 1.67 bits per heavy atom. The summed E-state index contributed by atoms with van der Waals surface area (Å²) in [6.45, 7) is 5.47. The maximum atomic E-state index is 10.9. The largest absolute Gasteiger partial charge is 0.384 e. The van der Waals surface area contributed by atoms with Gasteiger partial charge in [0.15, 0.2) is 0 Å². The lowest BCUT2D eigenvalue weighted by Crippen LogP contribution is -2.33. The van der Waals surface area contributed by atoms with Crippen molar-refractivity contribution in [2.75, 3.05) is 5.88 Å². The second-order valence-electron chi connectivity index (χ2n) is 4.81. The summed E-state index contributed by atoms with van der Waals surface area (Å²) in [7, 11) is 0. The third-order valence-electron chi connectivity index (χ3n) is 2.99. The Balaban J connectivity index is 2.96. The van der Waals surface area contributed by atoms with Crippen LogP contribution in [-0.4, -0.2) is 26.4 Å². The van der Waals surface area contributed by atoms with Crippen molar-refractivity contribution in [3.8, 4) is 0 Å². The van der Waals surface area contributed by atoms with E-state index in [9.17, 15) is 15.0 Å². The fourth-order valence-electron chi connectivity index (χ4n) is 1.49. The molecule has 1 rings (SSSR count). The topological polar surface area (TPSA) is 90.4 Å². The van der Waals surface area contributed by atoms with Crippen molar-refractivity contribution in [2.24, 2.45) is 10.6 Å². The second-order valence-corrected chi connectivity index (χ2v) is 5.07. The Hall–Kier alpha value is -1.50. The van der Waals surface area contributed by atoms with Crippen molar-refractivity contribution in [3.05, 3.63) is 27.0 Å². The lowest BCUT2D eigenvalue weighted by atomic mass is 9.87. The van der Waals surface area contributed by atoms with Crippen molar-refractivity contribution in [3.63, 3.8) is 0 Å². The Bertz CT molecular complexity index is 458. The van der Waals surface area contributed by atoms with Crippen molar-refractivity contribution in [2.45, 2.75) is 33.4 Å². The molecule has 0 aliphatic rings. The van der Waals surface area contributed by atoms with Gasteiger partial charge in [-0.3, -0.25) is 0 Å². The lowest BCUT2D eigenvalue weighted by molar-refractivity contribution is -0.389. The molecular weight excluding hydrogens is 260 g/mol. The van der Waals surface area contributed by atoms with Gasteiger partial charge in [0, 0.05) is 11.3 Å². The number of nitroso groups, excluding NO2 is 1. The normalized spacial score (nSPS) is 13.3. The zero-order chi connectivity index (χ0) is 13.9. The number of rotatable bonds is 6. The van der Waals surface area contributed by atoms with Crippen LogP contribution in [0, 0.1) is 27.4 Å². The zero-order valence-corrected chi connectivity index (χ0v) is 11.2. The molecule has 1 aromatic rings. The molecule has 0 aliphatic heterocycles. The van der Waals surface area contributed by atoms with Gasteiger partial charge in [-0.05, 0) is 16.8 Å². The quantitative estimate of drug-likeness (QED) is 0.345. The number of alkyl halides is 1. The van der Waals surface area contributed by atoms with Crippen molar-refractivity contribution >= 4 is 17.4 Å². The molecule has 1 unspecified atom stereocenters. The van der Waals surface area contributed by atoms with Crippen LogP contribution in [0.2, 0.25) is 0 Å². The second kappa shape index (κ2) is 5.43. The van der Waals surface area contributed by atoms with Crippen LogP contribution in [0.25, 0.3) is 0 Å². The molecule has 0 amide bonds. The molecule has 8 heteroatoms. The maximum absolute atomic E-state index is 10.9. The van der Waals surface area contributed by atoms with E-state index < -0.39 is 16.4 Å². The smallest absolute Gasteiger partial charge is 0.358 e. The van der Waals surface area contributed by atoms with Crippen LogP contribution >= 0.6 is 11.6 Å². The maximum Gasteiger partial charge on any atom is 0.384 e. The summed E-state index contributed by atoms with van der Waals surface area (Å²) in [6, 6.07) is -0.567. The molecule has 0 bridgehead atoms. The van der Waals surface area contributed by atoms with Crippen molar-refractivity contribution in [1.82, 2.24) is 9.55 Å². The van der Waals surface area contributed by atoms with Crippen molar-refractivity contribution in [1.29, 1.82) is 0 Å². The Labute approximate surface area is 109 Å². The van der Waals surface area contributed by atoms with E-state index in [4.69, 9.17) is 11.6 Å². The van der Waals surface area contributed by atoms with E-state index in [-0.39, 0.29) is 18.2 Å². The summed E-state index contributed by atoms with van der Waals surface area (Å²) in [5, 5.41) is 13.7. The summed E-state index contributed by atoms with van der Waals surface area (Å²) < 4.78 is 1.55. The minimum Gasteiger partial charge on any atom is -0.358 e. The first-order chi connectivity index (χ1) is 8.33. The van der Waals surface area contributed by atoms with E-state index in [1.807, 2.05) is 13.8 Å². The van der Waals surface area contributed by atoms with Gasteiger partial charge in [0.2, 0.25) is 6.33 Å². The number of hydrogen-bond acceptors (Lipinski definition) is 5. The standard InChI is InChI=1S/C10H15ClN4O3/c1-7-9(15(17)18)12-6-14(7)4-8(13-16)10(2,3)5-11/h6,8H,4-5H2,1-3H3. The van der Waals surface area contributed by atoms with Gasteiger partial charge in [-0.1, -0.05) is 19.0 Å². The van der Waals surface area contributed by atoms with Crippen LogP contribution in [0.1, 0.15) is 19.5 Å². The number of halogens is 1. The predicted molar refractivity (Wildman–Crippen MR) is 67.7 cm³/mol. The monoisotopic (exact) mass is 274 g/mol. The Morgan fingerprint density at radius 2 is 2.28 bits per heavy atom. The van der Waals surface area contributed by atoms with E-state index in [2.05, 4.69) is 10.2 Å². The third-order valence-corrected chi connectivity index (χ3v) is 3.68. The van der Waals surface area contributed by atoms with Gasteiger partial charge in [-0.15, -0.1) is 11.6 Å². The molecule has 0 saturated heterocycles. The molecule has 100 valence electrons. The first kappa shape index (κ1) is 14.6. The highest BCUT2D eigenvalue weighted by molar-refractivity contribution is 6.18. The first-order valence-electron chi connectivity index (χ1n) is 5.38. The van der Waals surface area contributed by atoms with Gasteiger partial charge >= 0.3 is 5.82 Å². The minimum atomic E-state index is -0.567. The lowest BCUT2D eigenvalue weighted by Gasteiger charge is -2.26. The summed E-state index contributed by atoms with van der Waals surface area (Å²) in [4.78, 5) is 24.7. The molecule has 1 heterocycles. The molecule has 7 nitrogen and oxygen atoms in total. The van der Waals surface area contributed by atoms with E-state index in [1.165, 1.54) is 6.33 Å². The van der Waals surface area contributed by atoms with Gasteiger partial charge in [0.25, 0.3) is 0 Å². The average Bonchev–Trinajstić information content (AvgIpc) is 2.67. The fraction of sp³-hybridized carbons (Fsp3) is 0.700. The number of imidazole rings is 1. The molecular formula is C10H15ClN4O3. The van der Waals surface area contributed by atoms with Crippen molar-refractivity contribution < 1.29 is 4.92 Å². The van der Waals surface area contributed by atoms with Crippen LogP contribution in [0.3, 0.4) is 0 Å². The summed E-state index contributed by atoms with van der Waals surface area (Å²) in [5.74, 6) is 0.0718. The van der Waals surface area contributed by atoms with Crippen LogP contribution in [0.15, 0.2) is 11.5 Å². The van der Waals surface area contributed by atoms with Gasteiger partial charge in [0.05, 0.1) is 6.54 Å². The highest BCUT2D eigenvalue weighted by Gasteiger charge is 2.31. The molecule has 1 atom stereocenters. The summed E-state index contributed by atoms with van der Waals surface area (Å²) in [5.41, 5.74) is -0.0755. The van der Waals surface area contributed by atoms with E-state index >= 15 is 0 Å². The van der Waals surface area contributed by atoms with Gasteiger partial charge in [-0.2, -0.15) is 4.91 Å². The van der Waals surface area contributed by atoms with Crippen LogP contribution in [0.4, 0.5) is 5.82 Å². The highest BCUT2D eigenvalue weighted by Crippen LogP contribution is 2.27. The van der Waals surface area contributed by atoms with Gasteiger partial charge in [-0.25, -0.2) is 0 Å². The van der Waals surface area contributed by atoms with Crippen LogP contribution in [-0.2, 0) is 6.54 Å². The molecule has 0 radical (unpaired) electrons. The molecule has 0 N–H and O–H groups in total. The zero-order valence-electron chi connectivity index (χ0n) is 10.5. The number of hydrogen-bond donors (Lipinski definition) is 0. The van der Waals surface area contributed by atoms with Crippen LogP contribution in [0.5, 0.6) is 0 Å². The number of aromatic nitrogens is 2. The third kappa shape index (κ3) is 2.84. The number of nitrogens with zero attached hydrogens (tertiary/aromatic N) is 4. The predicted octanol–water partition coefficient (Wildman–Crippen LogP) is 2.50. The molecule has 18 heavy (non-hydrogen) atoms. The molecule has 0 fully saturated rings. The van der Waals surface area contributed by atoms with Gasteiger partial charge < -0.3 is 14.7 Å². The van der Waals surface area contributed by atoms with E-state index in [0.29, 0.717) is 5.69 Å². The van der Waals surface area contributed by atoms with Crippen LogP contribution < -0.4 is 0 Å². The highest BCUT2D eigenvalue weighted by atomic mass is 35.5. The average molecular weight is 275 g/mol. The summed E-state index contributed by atoms with van der Waals surface area (Å²) in [6.07, 6.45) is 1.34.